The number of benzene rings is 1. The molecule has 1 heterocycles. The third kappa shape index (κ3) is 2.67. The highest BCUT2D eigenvalue weighted by molar-refractivity contribution is 5.60. The van der Waals surface area contributed by atoms with E-state index in [4.69, 9.17) is 0 Å². The maximum Gasteiger partial charge on any atom is 0.251 e. The first-order chi connectivity index (χ1) is 8.60. The minimum atomic E-state index is -0.0793. The molecule has 94 valence electrons. The van der Waals surface area contributed by atoms with E-state index >= 15 is 0 Å². The Hall–Kier alpha value is -1.90. The molecule has 0 aliphatic heterocycles. The molecule has 0 aliphatic rings. The monoisotopic (exact) mass is 242 g/mol. The summed E-state index contributed by atoms with van der Waals surface area (Å²) < 4.78 is 0. The van der Waals surface area contributed by atoms with Crippen LogP contribution in [0.2, 0.25) is 0 Å². The van der Waals surface area contributed by atoms with E-state index in [2.05, 4.69) is 35.1 Å². The average molecular weight is 242 g/mol. The first-order valence-electron chi connectivity index (χ1n) is 6.28. The predicted molar refractivity (Wildman–Crippen MR) is 73.8 cm³/mol. The van der Waals surface area contributed by atoms with E-state index in [0.29, 0.717) is 5.82 Å². The van der Waals surface area contributed by atoms with E-state index in [1.807, 2.05) is 13.8 Å². The largest absolute Gasteiger partial charge is 0.307 e. The van der Waals surface area contributed by atoms with Gasteiger partial charge in [0.2, 0.25) is 0 Å². The van der Waals surface area contributed by atoms with Gasteiger partial charge in [-0.1, -0.05) is 31.0 Å². The van der Waals surface area contributed by atoms with Crippen molar-refractivity contribution in [2.24, 2.45) is 0 Å². The topological polar surface area (TPSA) is 45.8 Å². The Morgan fingerprint density at radius 2 is 2.00 bits per heavy atom. The summed E-state index contributed by atoms with van der Waals surface area (Å²) in [6.45, 7) is 6.15. The summed E-state index contributed by atoms with van der Waals surface area (Å²) in [5.74, 6) is 0.673. The lowest BCUT2D eigenvalue weighted by molar-refractivity contribution is 0.869. The lowest BCUT2D eigenvalue weighted by Gasteiger charge is -2.07. The second kappa shape index (κ2) is 5.17. The van der Waals surface area contributed by atoms with Crippen LogP contribution >= 0.6 is 0 Å². The van der Waals surface area contributed by atoms with Gasteiger partial charge in [-0.2, -0.15) is 0 Å². The molecule has 2 aromatic rings. The highest BCUT2D eigenvalue weighted by Gasteiger charge is 2.06. The van der Waals surface area contributed by atoms with Crippen molar-refractivity contribution in [2.45, 2.75) is 33.6 Å². The van der Waals surface area contributed by atoms with Gasteiger partial charge >= 0.3 is 0 Å². The van der Waals surface area contributed by atoms with Gasteiger partial charge in [0.25, 0.3) is 5.56 Å². The minimum Gasteiger partial charge on any atom is -0.307 e. The van der Waals surface area contributed by atoms with Gasteiger partial charge in [-0.05, 0) is 31.9 Å². The number of aromatic nitrogens is 2. The van der Waals surface area contributed by atoms with Crippen LogP contribution in [0.5, 0.6) is 0 Å². The van der Waals surface area contributed by atoms with Gasteiger partial charge < -0.3 is 4.98 Å². The van der Waals surface area contributed by atoms with E-state index in [0.717, 1.165) is 29.7 Å². The van der Waals surface area contributed by atoms with E-state index in [9.17, 15) is 4.79 Å². The van der Waals surface area contributed by atoms with Crippen LogP contribution in [0.1, 0.15) is 30.2 Å². The number of hydrogen-bond donors (Lipinski definition) is 1. The summed E-state index contributed by atoms with van der Waals surface area (Å²) in [4.78, 5) is 19.0. The zero-order chi connectivity index (χ0) is 13.1. The maximum absolute atomic E-state index is 11.7. The molecule has 1 aromatic heterocycles. The van der Waals surface area contributed by atoms with Crippen LogP contribution in [-0.2, 0) is 6.42 Å². The van der Waals surface area contributed by atoms with Gasteiger partial charge in [0.05, 0.1) is 0 Å². The standard InChI is InChI=1S/C15H18N2O/c1-4-5-12-9-14(18)17-15(16-12)13-8-10(2)6-7-11(13)3/h6-9H,4-5H2,1-3H3,(H,16,17,18). The molecule has 1 N–H and O–H groups in total. The fraction of sp³-hybridized carbons (Fsp3) is 0.333. The van der Waals surface area contributed by atoms with Crippen molar-refractivity contribution in [3.8, 4) is 11.4 Å². The van der Waals surface area contributed by atoms with Gasteiger partial charge in [-0.25, -0.2) is 4.98 Å². The zero-order valence-electron chi connectivity index (χ0n) is 11.1. The molecule has 0 amide bonds. The Kier molecular flexibility index (Phi) is 3.60. The quantitative estimate of drug-likeness (QED) is 0.899. The Labute approximate surface area is 107 Å². The van der Waals surface area contributed by atoms with Crippen LogP contribution in [-0.4, -0.2) is 9.97 Å². The minimum absolute atomic E-state index is 0.0793. The zero-order valence-corrected chi connectivity index (χ0v) is 11.1. The smallest absolute Gasteiger partial charge is 0.251 e. The summed E-state index contributed by atoms with van der Waals surface area (Å²) in [7, 11) is 0. The summed E-state index contributed by atoms with van der Waals surface area (Å²) in [6, 6.07) is 7.76. The van der Waals surface area contributed by atoms with Crippen LogP contribution in [0.25, 0.3) is 11.4 Å². The fourth-order valence-corrected chi connectivity index (χ4v) is 2.01. The van der Waals surface area contributed by atoms with Gasteiger partial charge in [0.1, 0.15) is 5.82 Å². The van der Waals surface area contributed by atoms with Crippen molar-refractivity contribution in [2.75, 3.05) is 0 Å². The summed E-state index contributed by atoms with van der Waals surface area (Å²) in [5, 5.41) is 0. The Balaban J connectivity index is 2.56. The van der Waals surface area contributed by atoms with Crippen molar-refractivity contribution in [3.63, 3.8) is 0 Å². The average Bonchev–Trinajstić information content (AvgIpc) is 2.32. The molecular formula is C15H18N2O. The van der Waals surface area contributed by atoms with E-state index < -0.39 is 0 Å². The first kappa shape index (κ1) is 12.6. The van der Waals surface area contributed by atoms with Crippen molar-refractivity contribution in [1.82, 2.24) is 9.97 Å². The number of rotatable bonds is 3. The molecule has 1 aromatic carbocycles. The van der Waals surface area contributed by atoms with E-state index in [1.165, 1.54) is 5.56 Å². The van der Waals surface area contributed by atoms with Crippen molar-refractivity contribution < 1.29 is 0 Å². The summed E-state index contributed by atoms with van der Waals surface area (Å²) in [6.07, 6.45) is 1.82. The van der Waals surface area contributed by atoms with Crippen LogP contribution in [0.4, 0.5) is 0 Å². The molecule has 0 fully saturated rings. The van der Waals surface area contributed by atoms with Crippen LogP contribution in [0.15, 0.2) is 29.1 Å². The van der Waals surface area contributed by atoms with Gasteiger partial charge in [0, 0.05) is 17.3 Å². The molecule has 2 rings (SSSR count). The lowest BCUT2D eigenvalue weighted by Crippen LogP contribution is -2.10. The molecule has 0 atom stereocenters. The molecular weight excluding hydrogens is 224 g/mol. The number of aromatic amines is 1. The molecule has 3 nitrogen and oxygen atoms in total. The van der Waals surface area contributed by atoms with Crippen molar-refractivity contribution >= 4 is 0 Å². The molecule has 0 aliphatic carbocycles. The SMILES string of the molecule is CCCc1cc(=O)[nH]c(-c2cc(C)ccc2C)n1. The highest BCUT2D eigenvalue weighted by atomic mass is 16.1. The third-order valence-corrected chi connectivity index (χ3v) is 2.95. The normalized spacial score (nSPS) is 10.6. The number of aryl methyl sites for hydroxylation is 3. The third-order valence-electron chi connectivity index (χ3n) is 2.95. The van der Waals surface area contributed by atoms with Gasteiger partial charge in [-0.15, -0.1) is 0 Å². The predicted octanol–water partition coefficient (Wildman–Crippen LogP) is 3.01. The first-order valence-corrected chi connectivity index (χ1v) is 6.28. The van der Waals surface area contributed by atoms with E-state index in [-0.39, 0.29) is 5.56 Å². The number of hydrogen-bond acceptors (Lipinski definition) is 2. The van der Waals surface area contributed by atoms with E-state index in [1.54, 1.807) is 6.07 Å². The Morgan fingerprint density at radius 1 is 1.22 bits per heavy atom. The fourth-order valence-electron chi connectivity index (χ4n) is 2.01. The molecule has 0 spiro atoms. The second-order valence-corrected chi connectivity index (χ2v) is 4.65. The van der Waals surface area contributed by atoms with Gasteiger partial charge in [-0.3, -0.25) is 4.79 Å². The molecule has 0 bridgehead atoms. The Morgan fingerprint density at radius 3 is 2.72 bits per heavy atom. The summed E-state index contributed by atoms with van der Waals surface area (Å²) >= 11 is 0. The molecule has 0 radical (unpaired) electrons. The van der Waals surface area contributed by atoms with Crippen molar-refractivity contribution in [1.29, 1.82) is 0 Å². The number of nitrogens with zero attached hydrogens (tertiary/aromatic N) is 1. The van der Waals surface area contributed by atoms with Crippen LogP contribution < -0.4 is 5.56 Å². The molecule has 0 saturated carbocycles. The highest BCUT2D eigenvalue weighted by Crippen LogP contribution is 2.20. The second-order valence-electron chi connectivity index (χ2n) is 4.65. The molecule has 18 heavy (non-hydrogen) atoms. The molecule has 0 saturated heterocycles. The number of H-pyrrole nitrogens is 1. The Bertz CT molecular complexity index is 614. The van der Waals surface area contributed by atoms with Crippen LogP contribution in [0, 0.1) is 13.8 Å². The molecule has 3 heteroatoms. The van der Waals surface area contributed by atoms with Gasteiger partial charge in [0.15, 0.2) is 0 Å². The maximum atomic E-state index is 11.7. The van der Waals surface area contributed by atoms with Crippen LogP contribution in [0.3, 0.4) is 0 Å². The van der Waals surface area contributed by atoms with Crippen molar-refractivity contribution in [3.05, 3.63) is 51.4 Å². The summed E-state index contributed by atoms with van der Waals surface area (Å²) in [5.41, 5.74) is 4.07. The lowest BCUT2D eigenvalue weighted by atomic mass is 10.0. The molecule has 0 unspecified atom stereocenters. The number of nitrogens with one attached hydrogen (secondary N) is 1.